The first-order valence-corrected chi connectivity index (χ1v) is 10.2. The minimum Gasteiger partial charge on any atom is -0.339 e. The molecule has 4 heteroatoms. The number of amides is 1. The van der Waals surface area contributed by atoms with Gasteiger partial charge in [0.05, 0.1) is 0 Å². The van der Waals surface area contributed by atoms with Crippen LogP contribution >= 0.6 is 0 Å². The van der Waals surface area contributed by atoms with Crippen LogP contribution in [0.3, 0.4) is 0 Å². The number of carbonyl (C=O) groups excluding carboxylic acids is 1. The Hall–Kier alpha value is -2.20. The smallest absolute Gasteiger partial charge is 0.253 e. The van der Waals surface area contributed by atoms with Gasteiger partial charge in [0.2, 0.25) is 0 Å². The number of likely N-dealkylation sites (tertiary alicyclic amines) is 2. The van der Waals surface area contributed by atoms with E-state index in [9.17, 15) is 4.79 Å². The Morgan fingerprint density at radius 2 is 1.70 bits per heavy atom. The van der Waals surface area contributed by atoms with Crippen molar-refractivity contribution in [2.45, 2.75) is 38.0 Å². The normalized spacial score (nSPS) is 20.0. The predicted octanol–water partition coefficient (Wildman–Crippen LogP) is 3.66. The molecule has 1 amide bonds. The van der Waals surface area contributed by atoms with Crippen molar-refractivity contribution in [2.24, 2.45) is 0 Å². The molecule has 27 heavy (non-hydrogen) atoms. The molecule has 1 aromatic heterocycles. The van der Waals surface area contributed by atoms with Crippen LogP contribution < -0.4 is 0 Å². The zero-order valence-electron chi connectivity index (χ0n) is 16.2. The van der Waals surface area contributed by atoms with Crippen LogP contribution in [0.1, 0.15) is 47.3 Å². The third-order valence-electron chi connectivity index (χ3n) is 6.21. The average Bonchev–Trinajstić information content (AvgIpc) is 3.22. The highest BCUT2D eigenvalue weighted by Crippen LogP contribution is 2.36. The lowest BCUT2D eigenvalue weighted by Gasteiger charge is -2.43. The summed E-state index contributed by atoms with van der Waals surface area (Å²) in [7, 11) is 0. The molecule has 0 N–H and O–H groups in total. The molecule has 0 unspecified atom stereocenters. The SMILES string of the molecule is Cc1ccc(C2(CN3CCCC3)CCN(C(=O)c3ccccc3)CC2)nc1. The van der Waals surface area contributed by atoms with Crippen molar-refractivity contribution in [3.63, 3.8) is 0 Å². The number of rotatable bonds is 4. The molecule has 4 rings (SSSR count). The lowest BCUT2D eigenvalue weighted by atomic mass is 9.74. The predicted molar refractivity (Wildman–Crippen MR) is 108 cm³/mol. The van der Waals surface area contributed by atoms with E-state index in [0.29, 0.717) is 0 Å². The van der Waals surface area contributed by atoms with Crippen LogP contribution in [0.15, 0.2) is 48.7 Å². The fourth-order valence-electron chi connectivity index (χ4n) is 4.55. The first-order chi connectivity index (χ1) is 13.2. The van der Waals surface area contributed by atoms with Crippen molar-refractivity contribution in [3.05, 3.63) is 65.5 Å². The number of nitrogens with zero attached hydrogens (tertiary/aromatic N) is 3. The van der Waals surface area contributed by atoms with E-state index in [1.807, 2.05) is 41.4 Å². The monoisotopic (exact) mass is 363 g/mol. The van der Waals surface area contributed by atoms with Gasteiger partial charge < -0.3 is 9.80 Å². The summed E-state index contributed by atoms with van der Waals surface area (Å²) in [6, 6.07) is 14.0. The quantitative estimate of drug-likeness (QED) is 0.832. The van der Waals surface area contributed by atoms with E-state index in [2.05, 4.69) is 24.0 Å². The zero-order chi connectivity index (χ0) is 18.7. The summed E-state index contributed by atoms with van der Waals surface area (Å²) in [5, 5.41) is 0. The number of pyridine rings is 1. The van der Waals surface area contributed by atoms with Gasteiger partial charge in [-0.05, 0) is 69.5 Å². The molecule has 2 aliphatic heterocycles. The van der Waals surface area contributed by atoms with Crippen molar-refractivity contribution in [2.75, 3.05) is 32.7 Å². The van der Waals surface area contributed by atoms with Crippen molar-refractivity contribution >= 4 is 5.91 Å². The van der Waals surface area contributed by atoms with Crippen LogP contribution in [0.25, 0.3) is 0 Å². The highest BCUT2D eigenvalue weighted by molar-refractivity contribution is 5.94. The number of piperidine rings is 1. The molecule has 2 aliphatic rings. The lowest BCUT2D eigenvalue weighted by molar-refractivity contribution is 0.0630. The van der Waals surface area contributed by atoms with Gasteiger partial charge in [0, 0.05) is 42.5 Å². The number of hydrogen-bond acceptors (Lipinski definition) is 3. The second-order valence-corrected chi connectivity index (χ2v) is 8.14. The minimum absolute atomic E-state index is 0.0610. The molecule has 0 aliphatic carbocycles. The van der Waals surface area contributed by atoms with E-state index in [1.54, 1.807) is 0 Å². The molecule has 2 saturated heterocycles. The number of aromatic nitrogens is 1. The Kier molecular flexibility index (Phi) is 5.26. The Morgan fingerprint density at radius 1 is 1.00 bits per heavy atom. The molecular weight excluding hydrogens is 334 g/mol. The molecule has 0 bridgehead atoms. The van der Waals surface area contributed by atoms with Gasteiger partial charge in [0.15, 0.2) is 0 Å². The third-order valence-corrected chi connectivity index (χ3v) is 6.21. The summed E-state index contributed by atoms with van der Waals surface area (Å²) in [6.45, 7) is 7.15. The number of hydrogen-bond donors (Lipinski definition) is 0. The highest BCUT2D eigenvalue weighted by Gasteiger charge is 2.40. The van der Waals surface area contributed by atoms with Crippen LogP contribution in [0, 0.1) is 6.92 Å². The van der Waals surface area contributed by atoms with E-state index in [1.165, 1.54) is 37.2 Å². The first-order valence-electron chi connectivity index (χ1n) is 10.2. The number of benzene rings is 1. The van der Waals surface area contributed by atoms with E-state index >= 15 is 0 Å². The molecule has 4 nitrogen and oxygen atoms in total. The van der Waals surface area contributed by atoms with Crippen molar-refractivity contribution in [1.82, 2.24) is 14.8 Å². The van der Waals surface area contributed by atoms with Crippen molar-refractivity contribution in [1.29, 1.82) is 0 Å². The van der Waals surface area contributed by atoms with E-state index in [0.717, 1.165) is 38.0 Å². The van der Waals surface area contributed by atoms with Crippen molar-refractivity contribution in [3.8, 4) is 0 Å². The lowest BCUT2D eigenvalue weighted by Crippen LogP contribution is -2.50. The summed E-state index contributed by atoms with van der Waals surface area (Å²) >= 11 is 0. The van der Waals surface area contributed by atoms with Gasteiger partial charge in [-0.1, -0.05) is 24.3 Å². The van der Waals surface area contributed by atoms with Gasteiger partial charge in [-0.2, -0.15) is 0 Å². The minimum atomic E-state index is 0.0610. The highest BCUT2D eigenvalue weighted by atomic mass is 16.2. The van der Waals surface area contributed by atoms with Crippen LogP contribution in [0.4, 0.5) is 0 Å². The summed E-state index contributed by atoms with van der Waals surface area (Å²) in [5.41, 5.74) is 3.25. The molecule has 0 atom stereocenters. The van der Waals surface area contributed by atoms with E-state index in [4.69, 9.17) is 4.98 Å². The molecule has 0 saturated carbocycles. The first kappa shape index (κ1) is 18.2. The standard InChI is InChI=1S/C23H29N3O/c1-19-9-10-21(24-17-19)23(18-25-13-5-6-14-25)11-15-26(16-12-23)22(27)20-7-3-2-4-8-20/h2-4,7-10,17H,5-6,11-16,18H2,1H3. The largest absolute Gasteiger partial charge is 0.339 e. The maximum Gasteiger partial charge on any atom is 0.253 e. The summed E-state index contributed by atoms with van der Waals surface area (Å²) in [6.07, 6.45) is 6.56. The second kappa shape index (κ2) is 7.81. The number of aryl methyl sites for hydroxylation is 1. The fourth-order valence-corrected chi connectivity index (χ4v) is 4.55. The topological polar surface area (TPSA) is 36.4 Å². The molecule has 2 aromatic rings. The van der Waals surface area contributed by atoms with Gasteiger partial charge in [-0.15, -0.1) is 0 Å². The van der Waals surface area contributed by atoms with Crippen LogP contribution in [0.2, 0.25) is 0 Å². The van der Waals surface area contributed by atoms with E-state index in [-0.39, 0.29) is 11.3 Å². The Morgan fingerprint density at radius 3 is 2.33 bits per heavy atom. The molecular formula is C23H29N3O. The molecule has 2 fully saturated rings. The summed E-state index contributed by atoms with van der Waals surface area (Å²) in [5.74, 6) is 0.155. The third kappa shape index (κ3) is 3.91. The average molecular weight is 364 g/mol. The fraction of sp³-hybridized carbons (Fsp3) is 0.478. The Bertz CT molecular complexity index is 758. The van der Waals surface area contributed by atoms with Crippen molar-refractivity contribution < 1.29 is 4.79 Å². The van der Waals surface area contributed by atoms with Gasteiger partial charge in [-0.25, -0.2) is 0 Å². The summed E-state index contributed by atoms with van der Waals surface area (Å²) in [4.78, 5) is 22.3. The van der Waals surface area contributed by atoms with Gasteiger partial charge in [-0.3, -0.25) is 9.78 Å². The second-order valence-electron chi connectivity index (χ2n) is 8.14. The van der Waals surface area contributed by atoms with Gasteiger partial charge in [0.1, 0.15) is 0 Å². The number of carbonyl (C=O) groups is 1. The van der Waals surface area contributed by atoms with E-state index < -0.39 is 0 Å². The molecule has 3 heterocycles. The van der Waals surface area contributed by atoms with Crippen LogP contribution in [0.5, 0.6) is 0 Å². The maximum absolute atomic E-state index is 12.8. The Balaban J connectivity index is 1.52. The Labute approximate surface area is 162 Å². The zero-order valence-corrected chi connectivity index (χ0v) is 16.2. The van der Waals surface area contributed by atoms with Gasteiger partial charge >= 0.3 is 0 Å². The van der Waals surface area contributed by atoms with Gasteiger partial charge in [0.25, 0.3) is 5.91 Å². The molecule has 0 radical (unpaired) electrons. The maximum atomic E-state index is 12.8. The van der Waals surface area contributed by atoms with Crippen LogP contribution in [-0.2, 0) is 5.41 Å². The molecule has 0 spiro atoms. The molecule has 1 aromatic carbocycles. The summed E-state index contributed by atoms with van der Waals surface area (Å²) < 4.78 is 0. The van der Waals surface area contributed by atoms with Crippen LogP contribution in [-0.4, -0.2) is 53.4 Å². The molecule has 142 valence electrons.